The van der Waals surface area contributed by atoms with Gasteiger partial charge in [0.2, 0.25) is 0 Å². The number of rotatable bonds is 35. The maximum Gasteiger partial charge on any atom is 0.0325 e. The number of nitrogens with zero attached hydrogens (tertiary/aromatic N) is 1. The van der Waals surface area contributed by atoms with Crippen LogP contribution in [-0.2, 0) is 0 Å². The minimum absolute atomic E-state index is 0.544. The Morgan fingerprint density at radius 2 is 0.522 bits per heavy atom. The molecule has 69 heavy (non-hydrogen) atoms. The lowest BCUT2D eigenvalue weighted by atomic mass is 9.89. The molecule has 0 aliphatic heterocycles. The van der Waals surface area contributed by atoms with Gasteiger partial charge >= 0.3 is 0 Å². The zero-order valence-electron chi connectivity index (χ0n) is 46.0. The Bertz CT molecular complexity index is 1590. The Kier molecular flexibility index (Phi) is 27.9. The molecule has 5 rings (SSSR count). The molecule has 1 saturated carbocycles. The van der Waals surface area contributed by atoms with E-state index in [1.54, 1.807) is 43.5 Å². The number of hydrogen-bond acceptors (Lipinski definition) is 1. The summed E-state index contributed by atoms with van der Waals surface area (Å²) in [6, 6.07) is 42.2. The van der Waals surface area contributed by atoms with E-state index in [1.165, 1.54) is 186 Å². The monoisotopic (exact) mass is 972 g/mol. The number of hydrogen-bond donors (Lipinski definition) is 0. The van der Waals surface area contributed by atoms with Crippen molar-refractivity contribution in [2.24, 2.45) is 0 Å². The molecule has 0 heterocycles. The van der Waals surface area contributed by atoms with Crippen molar-refractivity contribution < 1.29 is 0 Å². The van der Waals surface area contributed by atoms with Crippen molar-refractivity contribution in [3.05, 3.63) is 119 Å². The maximum atomic E-state index is 3.21. The molecule has 0 unspecified atom stereocenters. The van der Waals surface area contributed by atoms with Gasteiger partial charge in [-0.2, -0.15) is 0 Å². The van der Waals surface area contributed by atoms with Crippen LogP contribution >= 0.6 is 16.1 Å². The highest BCUT2D eigenvalue weighted by atomic mass is 31.2. The number of benzene rings is 4. The first-order valence-corrected chi connectivity index (χ1v) is 32.3. The fourth-order valence-electron chi connectivity index (χ4n) is 11.6. The molecule has 1 aliphatic rings. The van der Waals surface area contributed by atoms with Gasteiger partial charge in [0.15, 0.2) is 0 Å². The summed E-state index contributed by atoms with van der Waals surface area (Å²) >= 11 is 0. The van der Waals surface area contributed by atoms with Gasteiger partial charge in [0.1, 0.15) is 0 Å². The number of unbranched alkanes of at least 4 members (excludes halogenated alkanes) is 8. The van der Waals surface area contributed by atoms with E-state index in [4.69, 9.17) is 0 Å². The molecule has 4 aromatic rings. The SMILES string of the molecule is CCCCC(CCCC)c1ccc(P(c2ccc(C(CCCC)CCCC)cc2)N(C2CCCCC2)P(c2ccc(C(CCCC)CCCC)cc2)c2ccc(C(CCCC)CCCC)cc2)cc1. The van der Waals surface area contributed by atoms with Crippen LogP contribution in [0.25, 0.3) is 0 Å². The van der Waals surface area contributed by atoms with Crippen LogP contribution in [0.3, 0.4) is 0 Å². The molecule has 1 nitrogen and oxygen atoms in total. The predicted octanol–water partition coefficient (Wildman–Crippen LogP) is 20.6. The van der Waals surface area contributed by atoms with Crippen molar-refractivity contribution in [3.63, 3.8) is 0 Å². The van der Waals surface area contributed by atoms with E-state index in [0.29, 0.717) is 29.7 Å². The third-order valence-corrected chi connectivity index (χ3v) is 21.7. The lowest BCUT2D eigenvalue weighted by molar-refractivity contribution is 0.355. The van der Waals surface area contributed by atoms with Gasteiger partial charge in [-0.15, -0.1) is 0 Å². The molecule has 0 spiro atoms. The molecular weight excluding hydrogens is 869 g/mol. The molecule has 0 aromatic heterocycles. The smallest absolute Gasteiger partial charge is 0.0325 e. The lowest BCUT2D eigenvalue weighted by Gasteiger charge is -2.45. The summed E-state index contributed by atoms with van der Waals surface area (Å²) in [6.07, 6.45) is 37.9. The van der Waals surface area contributed by atoms with E-state index >= 15 is 0 Å². The molecule has 0 saturated heterocycles. The third-order valence-electron chi connectivity index (χ3n) is 16.0. The summed E-state index contributed by atoms with van der Waals surface area (Å²) in [4.78, 5) is 0. The van der Waals surface area contributed by atoms with Crippen LogP contribution in [-0.4, -0.2) is 10.5 Å². The van der Waals surface area contributed by atoms with Crippen molar-refractivity contribution in [1.82, 2.24) is 4.44 Å². The minimum atomic E-state index is -0.841. The van der Waals surface area contributed by atoms with Gasteiger partial charge < -0.3 is 0 Å². The Labute approximate surface area is 430 Å². The van der Waals surface area contributed by atoms with E-state index < -0.39 is 16.1 Å². The second-order valence-corrected chi connectivity index (χ2v) is 26.0. The highest BCUT2D eigenvalue weighted by Gasteiger charge is 2.38. The summed E-state index contributed by atoms with van der Waals surface area (Å²) in [5.41, 5.74) is 6.28. The standard InChI is InChI=1S/C66H103NP2/c1-9-17-28-54(29-18-10-2)58-38-46-63(47-39-58)68(64-48-40-59(41-49-64)55(30-19-11-3)31-20-12-4)67(62-36-26-25-27-37-62)69(65-50-42-60(43-51-65)56(32-21-13-5)33-22-14-6)66-52-44-61(45-53-66)57(34-23-15-7)35-24-16-8/h38-57,62H,9-37H2,1-8H3. The van der Waals surface area contributed by atoms with Crippen LogP contribution in [0.5, 0.6) is 0 Å². The molecule has 1 fully saturated rings. The normalized spacial score (nSPS) is 13.7. The Morgan fingerprint density at radius 3 is 0.710 bits per heavy atom. The Hall–Kier alpha value is -2.30. The molecule has 382 valence electrons. The molecule has 0 atom stereocenters. The molecule has 4 aromatic carbocycles. The largest absolute Gasteiger partial charge is 0.242 e. The van der Waals surface area contributed by atoms with E-state index in [9.17, 15) is 0 Å². The zero-order chi connectivity index (χ0) is 49.1. The van der Waals surface area contributed by atoms with Gasteiger partial charge in [-0.3, -0.25) is 0 Å². The van der Waals surface area contributed by atoms with Crippen molar-refractivity contribution in [3.8, 4) is 0 Å². The highest BCUT2D eigenvalue weighted by molar-refractivity contribution is 7.84. The molecule has 1 aliphatic carbocycles. The molecule has 0 radical (unpaired) electrons. The second-order valence-electron chi connectivity index (χ2n) is 21.5. The lowest BCUT2D eigenvalue weighted by Crippen LogP contribution is -2.39. The van der Waals surface area contributed by atoms with Crippen LogP contribution in [0, 0.1) is 0 Å². The molecular formula is C66H103NP2. The van der Waals surface area contributed by atoms with Crippen LogP contribution in [0.4, 0.5) is 0 Å². The van der Waals surface area contributed by atoms with E-state index in [2.05, 4.69) is 157 Å². The average molecular weight is 973 g/mol. The quantitative estimate of drug-likeness (QED) is 0.0415. The van der Waals surface area contributed by atoms with Crippen molar-refractivity contribution in [2.45, 2.75) is 271 Å². The topological polar surface area (TPSA) is 3.24 Å². The van der Waals surface area contributed by atoms with E-state index in [0.717, 1.165) is 0 Å². The fraction of sp³-hybridized carbons (Fsp3) is 0.636. The molecule has 0 N–H and O–H groups in total. The zero-order valence-corrected chi connectivity index (χ0v) is 47.8. The van der Waals surface area contributed by atoms with Crippen molar-refractivity contribution in [2.75, 3.05) is 0 Å². The van der Waals surface area contributed by atoms with Gasteiger partial charge in [0, 0.05) is 22.2 Å². The summed E-state index contributed by atoms with van der Waals surface area (Å²) in [5, 5.41) is 6.18. The molecule has 3 heteroatoms. The molecule has 0 amide bonds. The van der Waals surface area contributed by atoms with Crippen LogP contribution in [0.15, 0.2) is 97.1 Å². The second kappa shape index (κ2) is 33.4. The summed E-state index contributed by atoms with van der Waals surface area (Å²) < 4.78 is 3.21. The van der Waals surface area contributed by atoms with Crippen LogP contribution < -0.4 is 21.2 Å². The Morgan fingerprint density at radius 1 is 0.319 bits per heavy atom. The van der Waals surface area contributed by atoms with Gasteiger partial charge in [-0.25, -0.2) is 4.44 Å². The summed E-state index contributed by atoms with van der Waals surface area (Å²) in [6.45, 7) is 18.9. The van der Waals surface area contributed by atoms with E-state index in [-0.39, 0.29) is 0 Å². The van der Waals surface area contributed by atoms with Crippen LogP contribution in [0.1, 0.15) is 288 Å². The predicted molar refractivity (Wildman–Crippen MR) is 314 cm³/mol. The Balaban J connectivity index is 1.74. The highest BCUT2D eigenvalue weighted by Crippen LogP contribution is 2.58. The van der Waals surface area contributed by atoms with Gasteiger partial charge in [0.25, 0.3) is 0 Å². The summed E-state index contributed by atoms with van der Waals surface area (Å²) in [7, 11) is -1.68. The average Bonchev–Trinajstić information content (AvgIpc) is 3.40. The van der Waals surface area contributed by atoms with Gasteiger partial charge in [-0.05, 0) is 131 Å². The minimum Gasteiger partial charge on any atom is -0.242 e. The van der Waals surface area contributed by atoms with Gasteiger partial charge in [0.05, 0.1) is 0 Å². The van der Waals surface area contributed by atoms with Crippen molar-refractivity contribution in [1.29, 1.82) is 0 Å². The van der Waals surface area contributed by atoms with Crippen molar-refractivity contribution >= 4 is 37.4 Å². The van der Waals surface area contributed by atoms with Crippen LogP contribution in [0.2, 0.25) is 0 Å². The first kappa shape index (κ1) is 57.6. The third kappa shape index (κ3) is 18.0. The first-order chi connectivity index (χ1) is 33.9. The fourth-order valence-corrected chi connectivity index (χ4v) is 17.9. The molecule has 0 bridgehead atoms. The van der Waals surface area contributed by atoms with E-state index in [1.807, 2.05) is 0 Å². The van der Waals surface area contributed by atoms with Gasteiger partial charge in [-0.1, -0.05) is 274 Å². The first-order valence-electron chi connectivity index (χ1n) is 29.7. The summed E-state index contributed by atoms with van der Waals surface area (Å²) in [5.74, 6) is 2.64. The maximum absolute atomic E-state index is 3.21.